The van der Waals surface area contributed by atoms with Crippen molar-refractivity contribution in [3.05, 3.63) is 110 Å². The van der Waals surface area contributed by atoms with Gasteiger partial charge >= 0.3 is 6.03 Å². The molecule has 0 unspecified atom stereocenters. The standard InChI is InChI=1S/C28H25Cl2N5O3/c1-38-21-10-7-18(8-11-21)16-31-27-32-24-13-14-34(28(37)33-25-12-9-19(29)15-23(25)30)17-22(24)26(36)35(27)20-5-3-2-4-6-20/h2-12,15H,13-14,16-17H2,1H3,(H,31,32)(H,33,37). The highest BCUT2D eigenvalue weighted by Crippen LogP contribution is 2.26. The monoisotopic (exact) mass is 549 g/mol. The average Bonchev–Trinajstić information content (AvgIpc) is 2.94. The molecular formula is C28H25Cl2N5O3. The third kappa shape index (κ3) is 5.46. The molecule has 0 spiro atoms. The van der Waals surface area contributed by atoms with Gasteiger partial charge in [0.1, 0.15) is 5.75 Å². The van der Waals surface area contributed by atoms with Crippen molar-refractivity contribution >= 4 is 40.9 Å². The first-order chi connectivity index (χ1) is 18.4. The van der Waals surface area contributed by atoms with Crippen LogP contribution in [0.25, 0.3) is 5.69 Å². The van der Waals surface area contributed by atoms with E-state index in [1.54, 1.807) is 34.8 Å². The quantitative estimate of drug-likeness (QED) is 0.319. The molecule has 0 atom stereocenters. The second kappa shape index (κ2) is 11.2. The van der Waals surface area contributed by atoms with E-state index in [0.29, 0.717) is 58.1 Å². The van der Waals surface area contributed by atoms with Crippen LogP contribution in [0, 0.1) is 0 Å². The highest BCUT2D eigenvalue weighted by atomic mass is 35.5. The zero-order chi connectivity index (χ0) is 26.6. The molecule has 3 aromatic carbocycles. The van der Waals surface area contributed by atoms with E-state index in [4.69, 9.17) is 32.9 Å². The number of halogens is 2. The highest BCUT2D eigenvalue weighted by molar-refractivity contribution is 6.36. The van der Waals surface area contributed by atoms with E-state index >= 15 is 0 Å². The van der Waals surface area contributed by atoms with Crippen LogP contribution in [0.5, 0.6) is 5.75 Å². The number of aromatic nitrogens is 2. The first kappa shape index (κ1) is 25.6. The lowest BCUT2D eigenvalue weighted by molar-refractivity contribution is 0.205. The van der Waals surface area contributed by atoms with Crippen molar-refractivity contribution in [1.29, 1.82) is 0 Å². The Hall–Kier alpha value is -4.01. The van der Waals surface area contributed by atoms with E-state index in [9.17, 15) is 9.59 Å². The molecule has 194 valence electrons. The number of hydrogen-bond donors (Lipinski definition) is 2. The Morgan fingerprint density at radius 2 is 1.82 bits per heavy atom. The molecule has 1 aliphatic rings. The molecule has 38 heavy (non-hydrogen) atoms. The molecule has 8 nitrogen and oxygen atoms in total. The zero-order valence-electron chi connectivity index (χ0n) is 20.6. The fraction of sp³-hybridized carbons (Fsp3) is 0.179. The third-order valence-corrected chi connectivity index (χ3v) is 6.86. The number of carbonyl (C=O) groups excluding carboxylic acids is 1. The number of carbonyl (C=O) groups is 1. The SMILES string of the molecule is COc1ccc(CNc2nc3c(c(=O)n2-c2ccccc2)CN(C(=O)Nc2ccc(Cl)cc2Cl)CC3)cc1. The normalized spacial score (nSPS) is 12.6. The summed E-state index contributed by atoms with van der Waals surface area (Å²) in [6.45, 7) is 1.01. The molecular weight excluding hydrogens is 525 g/mol. The van der Waals surface area contributed by atoms with Crippen molar-refractivity contribution in [1.82, 2.24) is 14.5 Å². The molecule has 2 amide bonds. The minimum absolute atomic E-state index is 0.129. The van der Waals surface area contributed by atoms with Crippen LogP contribution in [0.15, 0.2) is 77.6 Å². The van der Waals surface area contributed by atoms with Gasteiger partial charge in [-0.1, -0.05) is 53.5 Å². The van der Waals surface area contributed by atoms with Gasteiger partial charge in [-0.05, 0) is 48.0 Å². The fourth-order valence-corrected chi connectivity index (χ4v) is 4.75. The fourth-order valence-electron chi connectivity index (χ4n) is 4.29. The Bertz CT molecular complexity index is 1520. The second-order valence-corrected chi connectivity index (χ2v) is 9.61. The highest BCUT2D eigenvalue weighted by Gasteiger charge is 2.27. The number of anilines is 2. The number of ether oxygens (including phenoxy) is 1. The molecule has 10 heteroatoms. The summed E-state index contributed by atoms with van der Waals surface area (Å²) >= 11 is 12.2. The van der Waals surface area contributed by atoms with Crippen LogP contribution in [0.3, 0.4) is 0 Å². The average molecular weight is 550 g/mol. The summed E-state index contributed by atoms with van der Waals surface area (Å²) in [7, 11) is 1.63. The van der Waals surface area contributed by atoms with E-state index in [2.05, 4.69) is 10.6 Å². The lowest BCUT2D eigenvalue weighted by Gasteiger charge is -2.29. The van der Waals surface area contributed by atoms with Crippen LogP contribution < -0.4 is 20.9 Å². The summed E-state index contributed by atoms with van der Waals surface area (Å²) in [5.74, 6) is 1.22. The number of rotatable bonds is 6. The lowest BCUT2D eigenvalue weighted by atomic mass is 10.1. The van der Waals surface area contributed by atoms with Crippen molar-refractivity contribution in [2.75, 3.05) is 24.3 Å². The predicted molar refractivity (Wildman–Crippen MR) is 150 cm³/mol. The molecule has 5 rings (SSSR count). The van der Waals surface area contributed by atoms with E-state index in [1.165, 1.54) is 0 Å². The van der Waals surface area contributed by atoms with Gasteiger partial charge in [0.2, 0.25) is 5.95 Å². The molecule has 2 N–H and O–H groups in total. The number of para-hydroxylation sites is 1. The summed E-state index contributed by atoms with van der Waals surface area (Å²) in [5.41, 5.74) is 3.08. The summed E-state index contributed by atoms with van der Waals surface area (Å²) < 4.78 is 6.79. The first-order valence-electron chi connectivity index (χ1n) is 12.0. The molecule has 1 aromatic heterocycles. The number of nitrogens with one attached hydrogen (secondary N) is 2. The molecule has 1 aliphatic heterocycles. The van der Waals surface area contributed by atoms with Gasteiger partial charge in [-0.3, -0.25) is 4.79 Å². The number of nitrogens with zero attached hydrogens (tertiary/aromatic N) is 3. The van der Waals surface area contributed by atoms with Crippen molar-refractivity contribution < 1.29 is 9.53 Å². The number of amides is 2. The molecule has 2 heterocycles. The Morgan fingerprint density at radius 3 is 2.53 bits per heavy atom. The molecule has 0 radical (unpaired) electrons. The molecule has 0 saturated heterocycles. The Balaban J connectivity index is 1.43. The number of methoxy groups -OCH3 is 1. The topological polar surface area (TPSA) is 88.5 Å². The minimum atomic E-state index is -0.354. The molecule has 0 aliphatic carbocycles. The Kier molecular flexibility index (Phi) is 7.53. The van der Waals surface area contributed by atoms with Crippen LogP contribution in [-0.2, 0) is 19.5 Å². The third-order valence-electron chi connectivity index (χ3n) is 6.31. The Labute approximate surface area is 229 Å². The van der Waals surface area contributed by atoms with Crippen LogP contribution in [0.4, 0.5) is 16.4 Å². The van der Waals surface area contributed by atoms with Crippen molar-refractivity contribution in [2.45, 2.75) is 19.5 Å². The zero-order valence-corrected chi connectivity index (χ0v) is 22.1. The van der Waals surface area contributed by atoms with Crippen LogP contribution in [0.1, 0.15) is 16.8 Å². The van der Waals surface area contributed by atoms with Gasteiger partial charge in [0.15, 0.2) is 0 Å². The van der Waals surface area contributed by atoms with Gasteiger partial charge < -0.3 is 20.3 Å². The maximum absolute atomic E-state index is 13.8. The van der Waals surface area contributed by atoms with Crippen molar-refractivity contribution in [3.63, 3.8) is 0 Å². The maximum atomic E-state index is 13.8. The summed E-state index contributed by atoms with van der Waals surface area (Å²) in [5, 5.41) is 6.95. The number of urea groups is 1. The van der Waals surface area contributed by atoms with Crippen LogP contribution in [-0.4, -0.2) is 34.1 Å². The van der Waals surface area contributed by atoms with E-state index < -0.39 is 0 Å². The van der Waals surface area contributed by atoms with E-state index in [-0.39, 0.29) is 18.1 Å². The minimum Gasteiger partial charge on any atom is -0.497 e. The van der Waals surface area contributed by atoms with Gasteiger partial charge in [0, 0.05) is 24.5 Å². The van der Waals surface area contributed by atoms with Crippen molar-refractivity contribution in [3.8, 4) is 11.4 Å². The maximum Gasteiger partial charge on any atom is 0.322 e. The smallest absolute Gasteiger partial charge is 0.322 e. The van der Waals surface area contributed by atoms with Gasteiger partial charge in [-0.2, -0.15) is 0 Å². The van der Waals surface area contributed by atoms with Crippen LogP contribution in [0.2, 0.25) is 10.0 Å². The van der Waals surface area contributed by atoms with Gasteiger partial charge in [0.25, 0.3) is 5.56 Å². The largest absolute Gasteiger partial charge is 0.497 e. The molecule has 0 bridgehead atoms. The van der Waals surface area contributed by atoms with Gasteiger partial charge in [0.05, 0.1) is 41.3 Å². The second-order valence-electron chi connectivity index (χ2n) is 8.76. The number of benzene rings is 3. The molecule has 0 saturated carbocycles. The summed E-state index contributed by atoms with van der Waals surface area (Å²) in [6, 6.07) is 21.5. The van der Waals surface area contributed by atoms with Gasteiger partial charge in [-0.25, -0.2) is 14.3 Å². The molecule has 0 fully saturated rings. The number of fused-ring (bicyclic) bond motifs is 1. The van der Waals surface area contributed by atoms with Gasteiger partial charge in [-0.15, -0.1) is 0 Å². The van der Waals surface area contributed by atoms with Crippen molar-refractivity contribution in [2.24, 2.45) is 0 Å². The number of hydrogen-bond acceptors (Lipinski definition) is 5. The van der Waals surface area contributed by atoms with E-state index in [0.717, 1.165) is 11.3 Å². The van der Waals surface area contributed by atoms with E-state index in [1.807, 2.05) is 54.6 Å². The molecule has 4 aromatic rings. The summed E-state index contributed by atoms with van der Waals surface area (Å²) in [6.07, 6.45) is 0.444. The van der Waals surface area contributed by atoms with Crippen LogP contribution >= 0.6 is 23.2 Å². The predicted octanol–water partition coefficient (Wildman–Crippen LogP) is 5.75. The summed E-state index contributed by atoms with van der Waals surface area (Å²) in [4.78, 5) is 33.3. The Morgan fingerprint density at radius 1 is 1.05 bits per heavy atom. The lowest BCUT2D eigenvalue weighted by Crippen LogP contribution is -2.43. The first-order valence-corrected chi connectivity index (χ1v) is 12.8.